The van der Waals surface area contributed by atoms with Gasteiger partial charge in [-0.3, -0.25) is 14.4 Å². The number of nitrogens with one attached hydrogen (secondary N) is 2. The number of amides is 2. The first-order valence-corrected chi connectivity index (χ1v) is 10.7. The lowest BCUT2D eigenvalue weighted by Crippen LogP contribution is -2.39. The van der Waals surface area contributed by atoms with E-state index in [0.29, 0.717) is 48.8 Å². The molecule has 1 aromatic heterocycles. The highest BCUT2D eigenvalue weighted by Crippen LogP contribution is 2.23. The van der Waals surface area contributed by atoms with Crippen molar-refractivity contribution in [1.82, 2.24) is 9.78 Å². The van der Waals surface area contributed by atoms with Crippen molar-refractivity contribution in [3.63, 3.8) is 0 Å². The smallest absolute Gasteiger partial charge is 0.271 e. The van der Waals surface area contributed by atoms with Gasteiger partial charge in [-0.2, -0.15) is 4.68 Å². The summed E-state index contributed by atoms with van der Waals surface area (Å²) in [6.45, 7) is 2.68. The maximum absolute atomic E-state index is 13.2. The fourth-order valence-corrected chi connectivity index (χ4v) is 3.79. The zero-order valence-electron chi connectivity index (χ0n) is 18.1. The van der Waals surface area contributed by atoms with E-state index in [0.717, 1.165) is 0 Å². The third-order valence-electron chi connectivity index (χ3n) is 5.52. The molecular weight excluding hydrogens is 425 g/mol. The lowest BCUT2D eigenvalue weighted by atomic mass is 9.96. The number of benzene rings is 2. The van der Waals surface area contributed by atoms with Crippen LogP contribution in [-0.4, -0.2) is 34.7 Å². The SMILES string of the molecule is CC(=O)Nc1ccc(NC(=O)C2CCN(c3ccc(=O)n(-c4ccc(F)cc4)n3)CC2)cc1. The first-order valence-electron chi connectivity index (χ1n) is 10.7. The third-order valence-corrected chi connectivity index (χ3v) is 5.52. The average Bonchev–Trinajstić information content (AvgIpc) is 2.81. The number of hydrogen-bond donors (Lipinski definition) is 2. The molecule has 2 N–H and O–H groups in total. The molecule has 0 saturated carbocycles. The summed E-state index contributed by atoms with van der Waals surface area (Å²) in [6.07, 6.45) is 1.29. The summed E-state index contributed by atoms with van der Waals surface area (Å²) in [4.78, 5) is 38.1. The molecule has 1 aliphatic rings. The number of carbonyl (C=O) groups excluding carboxylic acids is 2. The predicted octanol–water partition coefficient (Wildman–Crippen LogP) is 3.19. The van der Waals surface area contributed by atoms with E-state index < -0.39 is 0 Å². The molecule has 0 atom stereocenters. The molecule has 0 unspecified atom stereocenters. The minimum Gasteiger partial charge on any atom is -0.355 e. The Morgan fingerprint density at radius 3 is 2.12 bits per heavy atom. The van der Waals surface area contributed by atoms with E-state index in [4.69, 9.17) is 0 Å². The molecule has 9 heteroatoms. The van der Waals surface area contributed by atoms with Gasteiger partial charge in [0.05, 0.1) is 5.69 Å². The van der Waals surface area contributed by atoms with Gasteiger partial charge in [0.15, 0.2) is 0 Å². The van der Waals surface area contributed by atoms with Crippen molar-refractivity contribution in [1.29, 1.82) is 0 Å². The van der Waals surface area contributed by atoms with Crippen LogP contribution >= 0.6 is 0 Å². The number of halogens is 1. The van der Waals surface area contributed by atoms with E-state index in [2.05, 4.69) is 15.7 Å². The van der Waals surface area contributed by atoms with Crippen LogP contribution in [0.25, 0.3) is 5.69 Å². The molecule has 1 aliphatic heterocycles. The molecule has 33 heavy (non-hydrogen) atoms. The topological polar surface area (TPSA) is 96.3 Å². The van der Waals surface area contributed by atoms with E-state index >= 15 is 0 Å². The number of hydrogen-bond acceptors (Lipinski definition) is 5. The van der Waals surface area contributed by atoms with Crippen molar-refractivity contribution in [2.24, 2.45) is 5.92 Å². The average molecular weight is 449 g/mol. The van der Waals surface area contributed by atoms with E-state index in [1.54, 1.807) is 30.3 Å². The zero-order chi connectivity index (χ0) is 23.4. The summed E-state index contributed by atoms with van der Waals surface area (Å²) in [5, 5.41) is 10.1. The van der Waals surface area contributed by atoms with Crippen molar-refractivity contribution >= 4 is 29.0 Å². The van der Waals surface area contributed by atoms with Crippen molar-refractivity contribution in [2.45, 2.75) is 19.8 Å². The van der Waals surface area contributed by atoms with Gasteiger partial charge in [0.1, 0.15) is 11.6 Å². The highest BCUT2D eigenvalue weighted by molar-refractivity contribution is 5.93. The quantitative estimate of drug-likeness (QED) is 0.624. The molecule has 0 aliphatic carbocycles. The number of anilines is 3. The number of aromatic nitrogens is 2. The van der Waals surface area contributed by atoms with Gasteiger partial charge in [0.2, 0.25) is 11.8 Å². The summed E-state index contributed by atoms with van der Waals surface area (Å²) >= 11 is 0. The fraction of sp³-hybridized carbons (Fsp3) is 0.250. The first kappa shape index (κ1) is 22.2. The van der Waals surface area contributed by atoms with E-state index in [9.17, 15) is 18.8 Å². The molecule has 2 heterocycles. The van der Waals surface area contributed by atoms with Crippen LogP contribution in [0.2, 0.25) is 0 Å². The van der Waals surface area contributed by atoms with Crippen LogP contribution in [0.5, 0.6) is 0 Å². The Hall–Kier alpha value is -4.01. The summed E-state index contributed by atoms with van der Waals surface area (Å²) in [6, 6.07) is 15.7. The second kappa shape index (κ2) is 9.64. The maximum atomic E-state index is 13.2. The molecule has 0 radical (unpaired) electrons. The molecule has 1 fully saturated rings. The van der Waals surface area contributed by atoms with Crippen LogP contribution in [0.4, 0.5) is 21.6 Å². The Morgan fingerprint density at radius 2 is 1.52 bits per heavy atom. The number of carbonyl (C=O) groups is 2. The summed E-state index contributed by atoms with van der Waals surface area (Å²) in [7, 11) is 0. The normalized spacial score (nSPS) is 14.1. The predicted molar refractivity (Wildman–Crippen MR) is 124 cm³/mol. The lowest BCUT2D eigenvalue weighted by molar-refractivity contribution is -0.120. The van der Waals surface area contributed by atoms with Crippen LogP contribution in [0.1, 0.15) is 19.8 Å². The second-order valence-corrected chi connectivity index (χ2v) is 7.93. The van der Waals surface area contributed by atoms with Crippen molar-refractivity contribution in [3.8, 4) is 5.69 Å². The maximum Gasteiger partial charge on any atom is 0.271 e. The van der Waals surface area contributed by atoms with Crippen molar-refractivity contribution in [2.75, 3.05) is 28.6 Å². The van der Waals surface area contributed by atoms with Gasteiger partial charge < -0.3 is 15.5 Å². The number of rotatable bonds is 5. The molecule has 3 aromatic rings. The van der Waals surface area contributed by atoms with E-state index in [-0.39, 0.29) is 29.1 Å². The van der Waals surface area contributed by atoms with Crippen molar-refractivity contribution in [3.05, 3.63) is 76.8 Å². The summed E-state index contributed by atoms with van der Waals surface area (Å²) in [5.74, 6) is -0.0927. The number of nitrogens with zero attached hydrogens (tertiary/aromatic N) is 3. The summed E-state index contributed by atoms with van der Waals surface area (Å²) < 4.78 is 14.5. The molecule has 0 spiro atoms. The monoisotopic (exact) mass is 449 g/mol. The minimum atomic E-state index is -0.382. The second-order valence-electron chi connectivity index (χ2n) is 7.93. The summed E-state index contributed by atoms with van der Waals surface area (Å²) in [5.41, 5.74) is 1.53. The third kappa shape index (κ3) is 5.43. The Labute approximate surface area is 190 Å². The van der Waals surface area contributed by atoms with E-state index in [1.807, 2.05) is 4.90 Å². The first-order chi connectivity index (χ1) is 15.9. The van der Waals surface area contributed by atoms with Gasteiger partial charge in [-0.1, -0.05) is 0 Å². The van der Waals surface area contributed by atoms with Crippen LogP contribution in [0, 0.1) is 11.7 Å². The lowest BCUT2D eigenvalue weighted by Gasteiger charge is -2.32. The van der Waals surface area contributed by atoms with Crippen LogP contribution in [0.3, 0.4) is 0 Å². The molecule has 1 saturated heterocycles. The molecule has 2 aromatic carbocycles. The van der Waals surface area contributed by atoms with Gasteiger partial charge in [-0.25, -0.2) is 4.39 Å². The van der Waals surface area contributed by atoms with Gasteiger partial charge in [-0.15, -0.1) is 5.10 Å². The Morgan fingerprint density at radius 1 is 0.909 bits per heavy atom. The van der Waals surface area contributed by atoms with Crippen LogP contribution in [0.15, 0.2) is 65.5 Å². The van der Waals surface area contributed by atoms with Gasteiger partial charge in [-0.05, 0) is 67.4 Å². The minimum absolute atomic E-state index is 0.0498. The largest absolute Gasteiger partial charge is 0.355 e. The van der Waals surface area contributed by atoms with Crippen LogP contribution in [-0.2, 0) is 9.59 Å². The number of piperidine rings is 1. The molecule has 0 bridgehead atoms. The highest BCUT2D eigenvalue weighted by atomic mass is 19.1. The van der Waals surface area contributed by atoms with Gasteiger partial charge in [0, 0.05) is 43.4 Å². The van der Waals surface area contributed by atoms with Gasteiger partial charge in [0.25, 0.3) is 5.56 Å². The Bertz CT molecular complexity index is 1200. The molecule has 170 valence electrons. The Balaban J connectivity index is 1.37. The van der Waals surface area contributed by atoms with Gasteiger partial charge >= 0.3 is 0 Å². The Kier molecular flexibility index (Phi) is 6.48. The highest BCUT2D eigenvalue weighted by Gasteiger charge is 2.26. The molecule has 2 amide bonds. The van der Waals surface area contributed by atoms with Crippen LogP contribution < -0.4 is 21.1 Å². The fourth-order valence-electron chi connectivity index (χ4n) is 3.79. The molecule has 8 nitrogen and oxygen atoms in total. The molecular formula is C24H24FN5O3. The van der Waals surface area contributed by atoms with Crippen molar-refractivity contribution < 1.29 is 14.0 Å². The van der Waals surface area contributed by atoms with E-state index in [1.165, 1.54) is 41.9 Å². The molecule has 4 rings (SSSR count). The zero-order valence-corrected chi connectivity index (χ0v) is 18.1. The standard InChI is InChI=1S/C24H24FN5O3/c1-16(31)26-19-4-6-20(7-5-19)27-24(33)17-12-14-29(15-13-17)22-10-11-23(32)30(28-22)21-8-2-18(25)3-9-21/h2-11,17H,12-15H2,1H3,(H,26,31)(H,27,33).